The Morgan fingerprint density at radius 1 is 1.06 bits per heavy atom. The molecule has 2 aliphatic rings. The number of hydrogen-bond acceptors (Lipinski definition) is 4. The Bertz CT molecular complexity index is 1170. The molecule has 1 aromatic heterocycles. The summed E-state index contributed by atoms with van der Waals surface area (Å²) in [4.78, 5) is 7.31. The Morgan fingerprint density at radius 2 is 1.82 bits per heavy atom. The molecule has 0 amide bonds. The van der Waals surface area contributed by atoms with E-state index in [1.165, 1.54) is 12.8 Å². The maximum Gasteiger partial charge on any atom is 0.148 e. The highest BCUT2D eigenvalue weighted by atomic mass is 79.9. The Labute approximate surface area is 219 Å². The van der Waals surface area contributed by atoms with Crippen LogP contribution in [0.3, 0.4) is 0 Å². The maximum atomic E-state index is 6.58. The van der Waals surface area contributed by atoms with Gasteiger partial charge in [0.2, 0.25) is 0 Å². The Morgan fingerprint density at radius 3 is 2.53 bits per heavy atom. The molecule has 1 aliphatic carbocycles. The third-order valence-electron chi connectivity index (χ3n) is 7.44. The quantitative estimate of drug-likeness (QED) is 0.328. The molecule has 1 aliphatic heterocycles. The van der Waals surface area contributed by atoms with Crippen LogP contribution in [0.25, 0.3) is 11.3 Å². The fourth-order valence-corrected chi connectivity index (χ4v) is 6.32. The van der Waals surface area contributed by atoms with E-state index < -0.39 is 0 Å². The number of anilines is 1. The lowest BCUT2D eigenvalue weighted by molar-refractivity contribution is 0.197. The molecule has 34 heavy (non-hydrogen) atoms. The highest BCUT2D eigenvalue weighted by molar-refractivity contribution is 9.10. The van der Waals surface area contributed by atoms with Crippen LogP contribution in [0.4, 0.5) is 5.69 Å². The minimum atomic E-state index is 0.303. The Kier molecular flexibility index (Phi) is 7.08. The van der Waals surface area contributed by atoms with Crippen LogP contribution in [-0.2, 0) is 6.61 Å². The fraction of sp³-hybridized carbons (Fsp3) is 0.370. The van der Waals surface area contributed by atoms with Gasteiger partial charge in [0.15, 0.2) is 0 Å². The number of pyridine rings is 1. The molecule has 3 aromatic rings. The lowest BCUT2D eigenvalue weighted by Crippen LogP contribution is -2.47. The summed E-state index contributed by atoms with van der Waals surface area (Å²) in [6.45, 7) is 2.36. The molecule has 178 valence electrons. The minimum Gasteiger partial charge on any atom is -0.487 e. The van der Waals surface area contributed by atoms with E-state index in [-0.39, 0.29) is 0 Å². The van der Waals surface area contributed by atoms with Gasteiger partial charge in [-0.1, -0.05) is 72.1 Å². The van der Waals surface area contributed by atoms with Crippen molar-refractivity contribution < 1.29 is 4.74 Å². The highest BCUT2D eigenvalue weighted by Crippen LogP contribution is 2.47. The summed E-state index contributed by atoms with van der Waals surface area (Å²) in [5.74, 6) is 0.684. The van der Waals surface area contributed by atoms with Crippen molar-refractivity contribution in [2.24, 2.45) is 11.1 Å². The third kappa shape index (κ3) is 4.68. The standard InChI is InChI=1S/C27H28BrCl2N3O/c28-26-21(33-14-12-27(13-15-33)11-5-10-23(27)31)16-22(34-17-18-6-2-1-3-7-18)25(32-26)19-8-4-9-20(29)24(19)30/h1-4,6-9,16,23H,5,10-15,17,31H2/t23-/m1/s1. The van der Waals surface area contributed by atoms with Gasteiger partial charge < -0.3 is 15.4 Å². The SMILES string of the molecule is N[C@@H]1CCCC12CCN(c1cc(OCc3ccccc3)c(-c3cccc(Cl)c3Cl)nc1Br)CC2. The second kappa shape index (κ2) is 10.1. The monoisotopic (exact) mass is 559 g/mol. The number of halogens is 3. The number of piperidine rings is 1. The summed E-state index contributed by atoms with van der Waals surface area (Å²) in [6.07, 6.45) is 5.88. The zero-order valence-electron chi connectivity index (χ0n) is 18.9. The van der Waals surface area contributed by atoms with Crippen LogP contribution in [-0.4, -0.2) is 24.1 Å². The first-order chi connectivity index (χ1) is 16.5. The first kappa shape index (κ1) is 23.9. The Hall–Kier alpha value is -1.79. The van der Waals surface area contributed by atoms with Crippen LogP contribution >= 0.6 is 39.1 Å². The zero-order valence-corrected chi connectivity index (χ0v) is 22.0. The highest BCUT2D eigenvalue weighted by Gasteiger charge is 2.43. The molecule has 7 heteroatoms. The molecule has 2 aromatic carbocycles. The van der Waals surface area contributed by atoms with Crippen molar-refractivity contribution >= 4 is 44.8 Å². The molecule has 4 nitrogen and oxygen atoms in total. The molecule has 2 fully saturated rings. The van der Waals surface area contributed by atoms with Gasteiger partial charge in [0.1, 0.15) is 22.7 Å². The summed E-state index contributed by atoms with van der Waals surface area (Å²) in [5, 5.41) is 0.959. The molecule has 1 spiro atoms. The largest absolute Gasteiger partial charge is 0.487 e. The smallest absolute Gasteiger partial charge is 0.148 e. The van der Waals surface area contributed by atoms with E-state index in [0.717, 1.165) is 53.8 Å². The first-order valence-corrected chi connectivity index (χ1v) is 13.3. The molecule has 2 N–H and O–H groups in total. The molecule has 5 rings (SSSR count). The summed E-state index contributed by atoms with van der Waals surface area (Å²) in [7, 11) is 0. The van der Waals surface area contributed by atoms with E-state index >= 15 is 0 Å². The van der Waals surface area contributed by atoms with Crippen molar-refractivity contribution in [1.29, 1.82) is 0 Å². The third-order valence-corrected chi connectivity index (χ3v) is 8.85. The predicted molar refractivity (Wildman–Crippen MR) is 144 cm³/mol. The summed E-state index contributed by atoms with van der Waals surface area (Å²) in [5.41, 5.74) is 10.4. The summed E-state index contributed by atoms with van der Waals surface area (Å²) < 4.78 is 7.11. The molecular weight excluding hydrogens is 533 g/mol. The topological polar surface area (TPSA) is 51.4 Å². The van der Waals surface area contributed by atoms with Gasteiger partial charge in [-0.3, -0.25) is 0 Å². The van der Waals surface area contributed by atoms with Crippen LogP contribution in [0.1, 0.15) is 37.7 Å². The van der Waals surface area contributed by atoms with Gasteiger partial charge in [-0.2, -0.15) is 0 Å². The number of benzene rings is 2. The van der Waals surface area contributed by atoms with E-state index in [0.29, 0.717) is 39.6 Å². The minimum absolute atomic E-state index is 0.303. The van der Waals surface area contributed by atoms with Crippen molar-refractivity contribution in [3.05, 3.63) is 74.8 Å². The van der Waals surface area contributed by atoms with E-state index in [1.807, 2.05) is 42.5 Å². The number of ether oxygens (including phenoxy) is 1. The first-order valence-electron chi connectivity index (χ1n) is 11.8. The average molecular weight is 561 g/mol. The lowest BCUT2D eigenvalue weighted by atomic mass is 9.74. The number of nitrogens with zero attached hydrogens (tertiary/aromatic N) is 2. The molecule has 0 bridgehead atoms. The molecule has 1 atom stereocenters. The van der Waals surface area contributed by atoms with Gasteiger partial charge in [-0.15, -0.1) is 0 Å². The maximum absolute atomic E-state index is 6.58. The van der Waals surface area contributed by atoms with Crippen LogP contribution < -0.4 is 15.4 Å². The van der Waals surface area contributed by atoms with Gasteiger partial charge in [0, 0.05) is 30.8 Å². The zero-order chi connectivity index (χ0) is 23.7. The van der Waals surface area contributed by atoms with E-state index in [4.69, 9.17) is 38.7 Å². The molecular formula is C27H28BrCl2N3O. The Balaban J connectivity index is 1.48. The summed E-state index contributed by atoms with van der Waals surface area (Å²) in [6, 6.07) is 18.1. The van der Waals surface area contributed by atoms with Crippen molar-refractivity contribution in [3.8, 4) is 17.0 Å². The van der Waals surface area contributed by atoms with Crippen molar-refractivity contribution in [1.82, 2.24) is 4.98 Å². The van der Waals surface area contributed by atoms with Crippen LogP contribution in [0.5, 0.6) is 5.75 Å². The van der Waals surface area contributed by atoms with Gasteiger partial charge >= 0.3 is 0 Å². The molecule has 2 heterocycles. The predicted octanol–water partition coefficient (Wildman–Crippen LogP) is 7.49. The molecule has 1 saturated heterocycles. The van der Waals surface area contributed by atoms with Gasteiger partial charge in [0.25, 0.3) is 0 Å². The van der Waals surface area contributed by atoms with Gasteiger partial charge in [-0.25, -0.2) is 4.98 Å². The number of aromatic nitrogens is 1. The van der Waals surface area contributed by atoms with Crippen molar-refractivity contribution in [3.63, 3.8) is 0 Å². The second-order valence-corrected chi connectivity index (χ2v) is 10.9. The lowest BCUT2D eigenvalue weighted by Gasteiger charge is -2.43. The fourth-order valence-electron chi connectivity index (χ4n) is 5.39. The second-order valence-electron chi connectivity index (χ2n) is 9.37. The van der Waals surface area contributed by atoms with E-state index in [9.17, 15) is 0 Å². The molecule has 1 saturated carbocycles. The van der Waals surface area contributed by atoms with Crippen molar-refractivity contribution in [2.45, 2.75) is 44.8 Å². The number of nitrogens with two attached hydrogens (primary N) is 1. The molecule has 0 unspecified atom stereocenters. The normalized spacial score (nSPS) is 19.5. The van der Waals surface area contributed by atoms with Crippen LogP contribution in [0, 0.1) is 5.41 Å². The van der Waals surface area contributed by atoms with Crippen LogP contribution in [0.15, 0.2) is 59.2 Å². The van der Waals surface area contributed by atoms with Crippen LogP contribution in [0.2, 0.25) is 10.0 Å². The van der Waals surface area contributed by atoms with E-state index in [2.05, 4.69) is 26.9 Å². The average Bonchev–Trinajstić information content (AvgIpc) is 3.20. The number of rotatable bonds is 5. The van der Waals surface area contributed by atoms with Crippen molar-refractivity contribution in [2.75, 3.05) is 18.0 Å². The summed E-state index contributed by atoms with van der Waals surface area (Å²) >= 11 is 16.6. The van der Waals surface area contributed by atoms with Gasteiger partial charge in [-0.05, 0) is 58.7 Å². The molecule has 0 radical (unpaired) electrons. The number of hydrogen-bond donors (Lipinski definition) is 1. The van der Waals surface area contributed by atoms with E-state index in [1.54, 1.807) is 6.07 Å². The van der Waals surface area contributed by atoms with Gasteiger partial charge in [0.05, 0.1) is 15.7 Å².